The quantitative estimate of drug-likeness (QED) is 0.408. The number of sulfone groups is 1. The molecular weight excluding hydrogens is 514 g/mol. The van der Waals surface area contributed by atoms with Crippen molar-refractivity contribution in [1.29, 1.82) is 0 Å². The zero-order valence-corrected chi connectivity index (χ0v) is 22.0. The molecule has 0 saturated carbocycles. The van der Waals surface area contributed by atoms with Gasteiger partial charge < -0.3 is 14.2 Å². The van der Waals surface area contributed by atoms with Crippen LogP contribution >= 0.6 is 23.7 Å². The smallest absolute Gasteiger partial charge is 0.266 e. The van der Waals surface area contributed by atoms with Crippen LogP contribution in [0.4, 0.5) is 5.13 Å². The van der Waals surface area contributed by atoms with Crippen LogP contribution < -0.4 is 14.4 Å². The normalized spacial score (nSPS) is 14.3. The molecule has 9 nitrogen and oxygen atoms in total. The van der Waals surface area contributed by atoms with Crippen molar-refractivity contribution < 1.29 is 27.4 Å². The molecule has 1 saturated heterocycles. The van der Waals surface area contributed by atoms with E-state index in [-0.39, 0.29) is 29.8 Å². The number of fused-ring (bicyclic) bond motifs is 1. The Balaban J connectivity index is 0.00000342. The summed E-state index contributed by atoms with van der Waals surface area (Å²) in [6, 6.07) is 12.0. The maximum atomic E-state index is 13.3. The number of ether oxygens (including phenoxy) is 3. The molecule has 190 valence electrons. The molecule has 35 heavy (non-hydrogen) atoms. The van der Waals surface area contributed by atoms with Crippen molar-refractivity contribution in [2.24, 2.45) is 0 Å². The highest BCUT2D eigenvalue weighted by Gasteiger charge is 2.24. The molecule has 0 spiro atoms. The third-order valence-corrected chi connectivity index (χ3v) is 7.64. The van der Waals surface area contributed by atoms with Crippen molar-refractivity contribution >= 4 is 54.8 Å². The number of methoxy groups -OCH3 is 1. The second kappa shape index (κ2) is 12.0. The lowest BCUT2D eigenvalue weighted by Gasteiger charge is -2.29. The van der Waals surface area contributed by atoms with Gasteiger partial charge in [-0.3, -0.25) is 14.6 Å². The Hall–Kier alpha value is -2.44. The van der Waals surface area contributed by atoms with Gasteiger partial charge in [-0.15, -0.1) is 12.4 Å². The van der Waals surface area contributed by atoms with Crippen LogP contribution in [0, 0.1) is 0 Å². The lowest BCUT2D eigenvalue weighted by molar-refractivity contribution is -0.120. The molecule has 0 unspecified atom stereocenters. The molecule has 1 amide bonds. The van der Waals surface area contributed by atoms with Gasteiger partial charge in [0, 0.05) is 32.4 Å². The van der Waals surface area contributed by atoms with E-state index in [2.05, 4.69) is 9.88 Å². The van der Waals surface area contributed by atoms with Crippen LogP contribution in [-0.2, 0) is 19.4 Å². The van der Waals surface area contributed by atoms with Gasteiger partial charge in [-0.1, -0.05) is 17.4 Å². The van der Waals surface area contributed by atoms with Crippen molar-refractivity contribution in [2.45, 2.75) is 4.90 Å². The summed E-state index contributed by atoms with van der Waals surface area (Å²) in [5, 5.41) is 0.447. The first-order chi connectivity index (χ1) is 16.3. The fourth-order valence-corrected chi connectivity index (χ4v) is 5.55. The highest BCUT2D eigenvalue weighted by Crippen LogP contribution is 2.33. The summed E-state index contributed by atoms with van der Waals surface area (Å²) >= 11 is 1.29. The Labute approximate surface area is 214 Å². The first kappa shape index (κ1) is 27.2. The average Bonchev–Trinajstić information content (AvgIpc) is 3.27. The van der Waals surface area contributed by atoms with Crippen LogP contribution in [0.3, 0.4) is 0 Å². The molecule has 1 fully saturated rings. The maximum absolute atomic E-state index is 13.3. The lowest BCUT2D eigenvalue weighted by Crippen LogP contribution is -2.44. The molecule has 1 aliphatic heterocycles. The average molecular weight is 542 g/mol. The Morgan fingerprint density at radius 1 is 1.14 bits per heavy atom. The van der Waals surface area contributed by atoms with E-state index in [1.165, 1.54) is 17.4 Å². The molecule has 1 aliphatic rings. The number of rotatable bonds is 9. The Morgan fingerprint density at radius 3 is 2.49 bits per heavy atom. The van der Waals surface area contributed by atoms with E-state index in [1.807, 2.05) is 6.07 Å². The number of hydrogen-bond donors (Lipinski definition) is 0. The molecule has 0 atom stereocenters. The third kappa shape index (κ3) is 6.83. The number of hydrogen-bond acceptors (Lipinski definition) is 9. The van der Waals surface area contributed by atoms with E-state index in [1.54, 1.807) is 42.3 Å². The number of carbonyl (C=O) groups is 1. The highest BCUT2D eigenvalue weighted by molar-refractivity contribution is 7.91. The van der Waals surface area contributed by atoms with E-state index in [4.69, 9.17) is 14.2 Å². The van der Waals surface area contributed by atoms with Crippen LogP contribution in [0.25, 0.3) is 10.2 Å². The van der Waals surface area contributed by atoms with Gasteiger partial charge in [0.15, 0.2) is 21.6 Å². The summed E-state index contributed by atoms with van der Waals surface area (Å²) in [6.45, 7) is 3.78. The van der Waals surface area contributed by atoms with Crippen molar-refractivity contribution in [3.63, 3.8) is 0 Å². The molecule has 2 heterocycles. The molecule has 4 rings (SSSR count). The van der Waals surface area contributed by atoms with Crippen molar-refractivity contribution in [1.82, 2.24) is 9.88 Å². The van der Waals surface area contributed by atoms with Crippen molar-refractivity contribution in [2.75, 3.05) is 64.3 Å². The SMILES string of the molecule is COc1ccc(OCC(=O)N(CCN2CCOCC2)c2nc3c(S(C)(=O)=O)cccc3s2)cc1.Cl. The van der Waals surface area contributed by atoms with Gasteiger partial charge in [0.1, 0.15) is 17.0 Å². The predicted octanol–water partition coefficient (Wildman–Crippen LogP) is 2.87. The van der Waals surface area contributed by atoms with Crippen LogP contribution in [0.2, 0.25) is 0 Å². The Bertz CT molecular complexity index is 1240. The number of carbonyl (C=O) groups excluding carboxylic acids is 1. The topological polar surface area (TPSA) is 98.3 Å². The van der Waals surface area contributed by atoms with Gasteiger partial charge >= 0.3 is 0 Å². The van der Waals surface area contributed by atoms with Crippen LogP contribution in [0.5, 0.6) is 11.5 Å². The van der Waals surface area contributed by atoms with Gasteiger partial charge in [0.05, 0.1) is 29.9 Å². The molecule has 0 aliphatic carbocycles. The molecule has 0 bridgehead atoms. The first-order valence-corrected chi connectivity index (χ1v) is 13.5. The van der Waals surface area contributed by atoms with Gasteiger partial charge in [-0.25, -0.2) is 13.4 Å². The van der Waals surface area contributed by atoms with E-state index in [0.717, 1.165) is 19.3 Å². The largest absolute Gasteiger partial charge is 0.497 e. The van der Waals surface area contributed by atoms with E-state index >= 15 is 0 Å². The molecule has 0 N–H and O–H groups in total. The minimum atomic E-state index is -3.46. The molecule has 12 heteroatoms. The Kier molecular flexibility index (Phi) is 9.31. The minimum absolute atomic E-state index is 0. The fraction of sp³-hybridized carbons (Fsp3) is 0.391. The maximum Gasteiger partial charge on any atom is 0.266 e. The monoisotopic (exact) mass is 541 g/mol. The number of para-hydroxylation sites is 1. The van der Waals surface area contributed by atoms with Gasteiger partial charge in [-0.2, -0.15) is 0 Å². The zero-order chi connectivity index (χ0) is 24.1. The number of thiazole rings is 1. The number of anilines is 1. The van der Waals surface area contributed by atoms with Crippen LogP contribution in [-0.4, -0.2) is 83.6 Å². The van der Waals surface area contributed by atoms with Gasteiger partial charge in [0.2, 0.25) is 0 Å². The van der Waals surface area contributed by atoms with E-state index < -0.39 is 9.84 Å². The predicted molar refractivity (Wildman–Crippen MR) is 138 cm³/mol. The van der Waals surface area contributed by atoms with Crippen molar-refractivity contribution in [3.8, 4) is 11.5 Å². The Morgan fingerprint density at radius 2 is 1.83 bits per heavy atom. The zero-order valence-electron chi connectivity index (χ0n) is 19.5. The molecule has 3 aromatic rings. The standard InChI is InChI=1S/C23H27N3O6S2.ClH/c1-30-17-6-8-18(9-7-17)32-16-21(27)26(11-10-25-12-14-31-15-13-25)23-24-22-19(33-23)4-3-5-20(22)34(2,28)29;/h3-9H,10-16H2,1-2H3;1H. The molecule has 0 radical (unpaired) electrons. The highest BCUT2D eigenvalue weighted by atomic mass is 35.5. The summed E-state index contributed by atoms with van der Waals surface area (Å²) < 4.78 is 41.4. The summed E-state index contributed by atoms with van der Waals surface area (Å²) in [5.41, 5.74) is 0.380. The number of nitrogens with zero attached hydrogens (tertiary/aromatic N) is 3. The minimum Gasteiger partial charge on any atom is -0.497 e. The number of halogens is 1. The summed E-state index contributed by atoms with van der Waals surface area (Å²) in [7, 11) is -1.88. The first-order valence-electron chi connectivity index (χ1n) is 10.8. The van der Waals surface area contributed by atoms with E-state index in [0.29, 0.717) is 53.2 Å². The number of morpholine rings is 1. The van der Waals surface area contributed by atoms with Gasteiger partial charge in [0.25, 0.3) is 5.91 Å². The fourth-order valence-electron chi connectivity index (χ4n) is 3.61. The summed E-state index contributed by atoms with van der Waals surface area (Å²) in [4.78, 5) is 21.8. The number of aromatic nitrogens is 1. The van der Waals surface area contributed by atoms with Crippen molar-refractivity contribution in [3.05, 3.63) is 42.5 Å². The molecule has 2 aromatic carbocycles. The lowest BCUT2D eigenvalue weighted by atomic mass is 10.3. The van der Waals surface area contributed by atoms with E-state index in [9.17, 15) is 13.2 Å². The van der Waals surface area contributed by atoms with Crippen LogP contribution in [0.15, 0.2) is 47.4 Å². The third-order valence-electron chi connectivity index (χ3n) is 5.47. The molecular formula is C23H28ClN3O6S2. The van der Waals surface area contributed by atoms with Gasteiger partial charge in [-0.05, 0) is 36.4 Å². The number of benzene rings is 2. The second-order valence-electron chi connectivity index (χ2n) is 7.84. The summed E-state index contributed by atoms with van der Waals surface area (Å²) in [6.07, 6.45) is 1.16. The number of amides is 1. The second-order valence-corrected chi connectivity index (χ2v) is 10.8. The summed E-state index contributed by atoms with van der Waals surface area (Å²) in [5.74, 6) is 0.983. The molecule has 1 aromatic heterocycles. The van der Waals surface area contributed by atoms with Crippen LogP contribution in [0.1, 0.15) is 0 Å².